The van der Waals surface area contributed by atoms with Gasteiger partial charge in [0.05, 0.1) is 5.39 Å². The Bertz CT molecular complexity index is 610. The molecule has 0 bridgehead atoms. The molecule has 24 heavy (non-hydrogen) atoms. The average molecular weight is 464 g/mol. The van der Waals surface area contributed by atoms with Crippen molar-refractivity contribution in [3.63, 3.8) is 0 Å². The second-order valence-corrected chi connectivity index (χ2v) is 7.38. The van der Waals surface area contributed by atoms with Crippen LogP contribution in [0.2, 0.25) is 0 Å². The lowest BCUT2D eigenvalue weighted by Crippen LogP contribution is -2.29. The number of nitrogens with two attached hydrogens (primary N) is 2. The Morgan fingerprint density at radius 3 is 2.29 bits per heavy atom. The second kappa shape index (κ2) is 11.0. The minimum Gasteiger partial charge on any atom is -0.383 e. The van der Waals surface area contributed by atoms with Crippen molar-refractivity contribution in [1.29, 1.82) is 0 Å². The number of fused-ring (bicyclic) bond motifs is 1. The van der Waals surface area contributed by atoms with Gasteiger partial charge in [-0.3, -0.25) is 3.97 Å². The number of hydrogen-bond donors (Lipinski definition) is 2. The normalized spacial score (nSPS) is 14.8. The zero-order valence-corrected chi connectivity index (χ0v) is 18.0. The summed E-state index contributed by atoms with van der Waals surface area (Å²) < 4.78 is 1.88. The van der Waals surface area contributed by atoms with E-state index in [1.54, 1.807) is 0 Å². The maximum atomic E-state index is 5.67. The van der Waals surface area contributed by atoms with Gasteiger partial charge in [0.2, 0.25) is 5.95 Å². The van der Waals surface area contributed by atoms with Gasteiger partial charge >= 0.3 is 0 Å². The van der Waals surface area contributed by atoms with Gasteiger partial charge in [-0.1, -0.05) is 33.1 Å². The van der Waals surface area contributed by atoms with E-state index in [2.05, 4.69) is 50.2 Å². The lowest BCUT2D eigenvalue weighted by Gasteiger charge is -2.27. The van der Waals surface area contributed by atoms with E-state index in [-0.39, 0.29) is 5.95 Å². The maximum absolute atomic E-state index is 5.67. The van der Waals surface area contributed by atoms with Crippen molar-refractivity contribution in [2.24, 2.45) is 0 Å². The van der Waals surface area contributed by atoms with Crippen molar-refractivity contribution in [3.05, 3.63) is 12.3 Å². The molecule has 0 saturated heterocycles. The van der Waals surface area contributed by atoms with Crippen LogP contribution < -0.4 is 11.5 Å². The van der Waals surface area contributed by atoms with E-state index in [9.17, 15) is 0 Å². The molecule has 0 unspecified atom stereocenters. The average Bonchev–Trinajstić information content (AvgIpc) is 3.01. The molecule has 1 saturated carbocycles. The highest BCUT2D eigenvalue weighted by atomic mass is 127. The summed E-state index contributed by atoms with van der Waals surface area (Å²) in [4.78, 5) is 10.3. The van der Waals surface area contributed by atoms with Crippen molar-refractivity contribution in [1.82, 2.24) is 18.8 Å². The summed E-state index contributed by atoms with van der Waals surface area (Å²) in [6.45, 7) is 4.00. The molecule has 0 amide bonds. The molecule has 8 heteroatoms. The standard InChI is InChI=1S/C8H17N.C6H6IN5S.C2H6/c1-9(2)8-6-4-3-5-7-8;7-13-12-2-1-3-4(8)10-6(9)11-5(3)12;1-2/h8H,3-7H2,1-2H3;1-2H,(H4,8,9,10,11);1-2H3. The highest BCUT2D eigenvalue weighted by Crippen LogP contribution is 2.26. The van der Waals surface area contributed by atoms with E-state index in [0.29, 0.717) is 5.82 Å². The van der Waals surface area contributed by atoms with E-state index >= 15 is 0 Å². The van der Waals surface area contributed by atoms with Crippen LogP contribution in [0.3, 0.4) is 0 Å². The van der Waals surface area contributed by atoms with E-state index in [4.69, 9.17) is 11.5 Å². The lowest BCUT2D eigenvalue weighted by molar-refractivity contribution is 0.229. The van der Waals surface area contributed by atoms with Crippen LogP contribution in [0.15, 0.2) is 12.3 Å². The maximum Gasteiger partial charge on any atom is 0.224 e. The van der Waals surface area contributed by atoms with Gasteiger partial charge in [-0.2, -0.15) is 9.97 Å². The lowest BCUT2D eigenvalue weighted by atomic mass is 9.95. The molecule has 2 aromatic rings. The molecule has 0 spiro atoms. The molecule has 1 aliphatic rings. The Balaban J connectivity index is 0.000000230. The first-order chi connectivity index (χ1) is 11.5. The Kier molecular flexibility index (Phi) is 9.75. The quantitative estimate of drug-likeness (QED) is 0.643. The molecule has 0 aliphatic heterocycles. The molecule has 4 N–H and O–H groups in total. The van der Waals surface area contributed by atoms with Gasteiger partial charge in [-0.25, -0.2) is 0 Å². The summed E-state index contributed by atoms with van der Waals surface area (Å²) in [6, 6.07) is 2.76. The van der Waals surface area contributed by atoms with Crippen LogP contribution in [-0.4, -0.2) is 39.0 Å². The third-order valence-corrected chi connectivity index (χ3v) is 5.65. The van der Waals surface area contributed by atoms with Gasteiger partial charge < -0.3 is 16.4 Å². The molecule has 2 heterocycles. The molecular formula is C16H29IN6S. The third kappa shape index (κ3) is 5.96. The minimum atomic E-state index is 0.204. The summed E-state index contributed by atoms with van der Waals surface area (Å²) in [6.07, 6.45) is 9.09. The molecule has 1 aliphatic carbocycles. The Hall–Kier alpha value is -0.740. The number of nitrogens with zero attached hydrogens (tertiary/aromatic N) is 4. The van der Waals surface area contributed by atoms with Gasteiger partial charge in [-0.15, -0.1) is 0 Å². The number of hydrogen-bond acceptors (Lipinski definition) is 6. The molecule has 0 radical (unpaired) electrons. The smallest absolute Gasteiger partial charge is 0.224 e. The van der Waals surface area contributed by atoms with Crippen LogP contribution in [0.1, 0.15) is 46.0 Å². The van der Waals surface area contributed by atoms with Crippen molar-refractivity contribution < 1.29 is 0 Å². The zero-order chi connectivity index (χ0) is 18.1. The third-order valence-electron chi connectivity index (χ3n) is 3.94. The SMILES string of the molecule is CC.CN(C)C1CCCCC1.Nc1nc(N)c2ccn(SI)c2n1. The number of nitrogen functional groups attached to an aromatic ring is 2. The fourth-order valence-corrected chi connectivity index (χ4v) is 3.95. The molecule has 1 fully saturated rings. The molecule has 0 aromatic carbocycles. The predicted octanol–water partition coefficient (Wildman–Crippen LogP) is 4.35. The molecular weight excluding hydrogens is 435 g/mol. The first-order valence-corrected chi connectivity index (χ1v) is 11.7. The topological polar surface area (TPSA) is 86.0 Å². The highest BCUT2D eigenvalue weighted by Gasteiger charge is 2.14. The van der Waals surface area contributed by atoms with Crippen LogP contribution in [0.5, 0.6) is 0 Å². The van der Waals surface area contributed by atoms with Crippen molar-refractivity contribution in [2.45, 2.75) is 52.0 Å². The highest BCUT2D eigenvalue weighted by molar-refractivity contribution is 14.2. The van der Waals surface area contributed by atoms with Crippen LogP contribution in [0.25, 0.3) is 11.0 Å². The van der Waals surface area contributed by atoms with E-state index < -0.39 is 0 Å². The summed E-state index contributed by atoms with van der Waals surface area (Å²) in [5.41, 5.74) is 11.9. The molecule has 136 valence electrons. The molecule has 6 nitrogen and oxygen atoms in total. The molecule has 2 aromatic heterocycles. The van der Waals surface area contributed by atoms with Gasteiger partial charge in [0, 0.05) is 42.6 Å². The minimum absolute atomic E-state index is 0.204. The van der Waals surface area contributed by atoms with Gasteiger partial charge in [-0.05, 0) is 33.0 Å². The predicted molar refractivity (Wildman–Crippen MR) is 115 cm³/mol. The fraction of sp³-hybridized carbons (Fsp3) is 0.625. The number of aromatic nitrogens is 3. The first kappa shape index (κ1) is 21.3. The van der Waals surface area contributed by atoms with Gasteiger partial charge in [0.1, 0.15) is 5.82 Å². The van der Waals surface area contributed by atoms with Crippen LogP contribution in [0, 0.1) is 0 Å². The largest absolute Gasteiger partial charge is 0.383 e. The summed E-state index contributed by atoms with van der Waals surface area (Å²) in [5.74, 6) is 0.627. The number of rotatable bonds is 2. The summed E-state index contributed by atoms with van der Waals surface area (Å²) in [5, 5.41) is 0.832. The van der Waals surface area contributed by atoms with Crippen LogP contribution in [-0.2, 0) is 0 Å². The van der Waals surface area contributed by atoms with Crippen molar-refractivity contribution in [3.8, 4) is 0 Å². The first-order valence-electron chi connectivity index (χ1n) is 8.38. The van der Waals surface area contributed by atoms with E-state index in [1.807, 2.05) is 30.1 Å². The molecule has 0 atom stereocenters. The Labute approximate surface area is 161 Å². The Morgan fingerprint density at radius 1 is 1.17 bits per heavy atom. The molecule has 3 rings (SSSR count). The van der Waals surface area contributed by atoms with Crippen molar-refractivity contribution in [2.75, 3.05) is 25.6 Å². The van der Waals surface area contributed by atoms with Crippen molar-refractivity contribution >= 4 is 53.1 Å². The van der Waals surface area contributed by atoms with Crippen LogP contribution >= 0.6 is 30.3 Å². The fourth-order valence-electron chi connectivity index (χ4n) is 2.69. The second-order valence-electron chi connectivity index (χ2n) is 5.67. The van der Waals surface area contributed by atoms with Crippen LogP contribution in [0.4, 0.5) is 11.8 Å². The monoisotopic (exact) mass is 464 g/mol. The number of anilines is 2. The van der Waals surface area contributed by atoms with Gasteiger partial charge in [0.25, 0.3) is 0 Å². The Morgan fingerprint density at radius 2 is 1.79 bits per heavy atom. The summed E-state index contributed by atoms with van der Waals surface area (Å²) in [7, 11) is 5.89. The number of halogens is 1. The van der Waals surface area contributed by atoms with E-state index in [1.165, 1.54) is 41.2 Å². The van der Waals surface area contributed by atoms with Gasteiger partial charge in [0.15, 0.2) is 5.65 Å². The van der Waals surface area contributed by atoms with E-state index in [0.717, 1.165) is 17.1 Å². The zero-order valence-electron chi connectivity index (χ0n) is 15.0. The summed E-state index contributed by atoms with van der Waals surface area (Å²) >= 11 is 2.16.